The highest BCUT2D eigenvalue weighted by Gasteiger charge is 2.34. The zero-order valence-electron chi connectivity index (χ0n) is 17.9. The van der Waals surface area contributed by atoms with Gasteiger partial charge in [-0.3, -0.25) is 24.1 Å². The summed E-state index contributed by atoms with van der Waals surface area (Å²) in [5.41, 5.74) is 2.08. The SMILES string of the molecule is O=C(NCCNC(=O)C1CCCCC1)c1ccc(CN2C(=O)c3ccccc3C2=O)cc1. The Labute approximate surface area is 187 Å². The molecule has 1 aliphatic carbocycles. The van der Waals surface area contributed by atoms with Crippen LogP contribution in [0, 0.1) is 5.92 Å². The number of nitrogens with one attached hydrogen (secondary N) is 2. The lowest BCUT2D eigenvalue weighted by Gasteiger charge is -2.20. The molecule has 1 saturated carbocycles. The third-order valence-electron chi connectivity index (χ3n) is 6.12. The Hall–Kier alpha value is -3.48. The average Bonchev–Trinajstić information content (AvgIpc) is 3.07. The zero-order chi connectivity index (χ0) is 22.5. The maximum atomic E-state index is 12.5. The molecule has 0 saturated heterocycles. The largest absolute Gasteiger partial charge is 0.354 e. The third-order valence-corrected chi connectivity index (χ3v) is 6.12. The van der Waals surface area contributed by atoms with Crippen LogP contribution in [0.15, 0.2) is 48.5 Å². The maximum absolute atomic E-state index is 12.5. The molecule has 0 atom stereocenters. The summed E-state index contributed by atoms with van der Waals surface area (Å²) < 4.78 is 0. The van der Waals surface area contributed by atoms with Gasteiger partial charge in [-0.05, 0) is 42.7 Å². The number of imide groups is 1. The second-order valence-corrected chi connectivity index (χ2v) is 8.32. The van der Waals surface area contributed by atoms with Gasteiger partial charge in [0.05, 0.1) is 17.7 Å². The number of rotatable bonds is 7. The fraction of sp³-hybridized carbons (Fsp3) is 0.360. The van der Waals surface area contributed by atoms with Crippen molar-refractivity contribution >= 4 is 23.6 Å². The van der Waals surface area contributed by atoms with Crippen molar-refractivity contribution in [3.63, 3.8) is 0 Å². The molecule has 0 aromatic heterocycles. The van der Waals surface area contributed by atoms with Gasteiger partial charge in [0.25, 0.3) is 17.7 Å². The molecule has 1 aliphatic heterocycles. The number of hydrogen-bond acceptors (Lipinski definition) is 4. The highest BCUT2D eigenvalue weighted by atomic mass is 16.2. The van der Waals surface area contributed by atoms with Crippen LogP contribution >= 0.6 is 0 Å². The van der Waals surface area contributed by atoms with E-state index in [2.05, 4.69) is 10.6 Å². The number of hydrogen-bond donors (Lipinski definition) is 2. The van der Waals surface area contributed by atoms with E-state index in [0.29, 0.717) is 29.8 Å². The van der Waals surface area contributed by atoms with Crippen molar-refractivity contribution in [1.29, 1.82) is 0 Å². The second-order valence-electron chi connectivity index (χ2n) is 8.32. The van der Waals surface area contributed by atoms with E-state index in [9.17, 15) is 19.2 Å². The summed E-state index contributed by atoms with van der Waals surface area (Å²) in [4.78, 5) is 50.7. The molecule has 0 unspecified atom stereocenters. The van der Waals surface area contributed by atoms with Crippen molar-refractivity contribution in [2.75, 3.05) is 13.1 Å². The fourth-order valence-electron chi connectivity index (χ4n) is 4.30. The summed E-state index contributed by atoms with van der Waals surface area (Å²) in [6.07, 6.45) is 5.32. The minimum Gasteiger partial charge on any atom is -0.354 e. The molecule has 1 heterocycles. The Bertz CT molecular complexity index is 991. The van der Waals surface area contributed by atoms with Gasteiger partial charge in [-0.1, -0.05) is 43.5 Å². The van der Waals surface area contributed by atoms with Crippen LogP contribution in [0.5, 0.6) is 0 Å². The third kappa shape index (κ3) is 4.72. The minimum absolute atomic E-state index is 0.0801. The van der Waals surface area contributed by atoms with Crippen molar-refractivity contribution in [3.05, 3.63) is 70.8 Å². The standard InChI is InChI=1S/C25H27N3O4/c29-22(18-6-2-1-3-7-18)26-14-15-27-23(30)19-12-10-17(11-13-19)16-28-24(31)20-8-4-5-9-21(20)25(28)32/h4-5,8-13,18H,1-3,6-7,14-16H2,(H,26,29)(H,27,30). The number of benzene rings is 2. The first kappa shape index (κ1) is 21.7. The van der Waals surface area contributed by atoms with Crippen LogP contribution in [0.3, 0.4) is 0 Å². The summed E-state index contributed by atoms with van der Waals surface area (Å²) >= 11 is 0. The van der Waals surface area contributed by atoms with Crippen molar-refractivity contribution in [3.8, 4) is 0 Å². The van der Waals surface area contributed by atoms with Crippen LogP contribution < -0.4 is 10.6 Å². The maximum Gasteiger partial charge on any atom is 0.261 e. The van der Waals surface area contributed by atoms with Gasteiger partial charge in [0.1, 0.15) is 0 Å². The van der Waals surface area contributed by atoms with Gasteiger partial charge in [-0.2, -0.15) is 0 Å². The molecule has 4 rings (SSSR count). The highest BCUT2D eigenvalue weighted by Crippen LogP contribution is 2.25. The number of carbonyl (C=O) groups is 4. The number of carbonyl (C=O) groups excluding carboxylic acids is 4. The summed E-state index contributed by atoms with van der Waals surface area (Å²) in [7, 11) is 0. The Kier molecular flexibility index (Phi) is 6.63. The van der Waals surface area contributed by atoms with Gasteiger partial charge in [0, 0.05) is 24.6 Å². The van der Waals surface area contributed by atoms with E-state index in [1.165, 1.54) is 11.3 Å². The Morgan fingerprint density at radius 1 is 0.812 bits per heavy atom. The van der Waals surface area contributed by atoms with Crippen molar-refractivity contribution in [1.82, 2.24) is 15.5 Å². The van der Waals surface area contributed by atoms with Gasteiger partial charge in [0.15, 0.2) is 0 Å². The van der Waals surface area contributed by atoms with E-state index in [1.807, 2.05) is 0 Å². The lowest BCUT2D eigenvalue weighted by atomic mass is 9.89. The summed E-state index contributed by atoms with van der Waals surface area (Å²) in [5.74, 6) is -0.653. The van der Waals surface area contributed by atoms with Crippen LogP contribution in [0.2, 0.25) is 0 Å². The molecular weight excluding hydrogens is 406 g/mol. The summed E-state index contributed by atoms with van der Waals surface area (Å²) in [6, 6.07) is 13.6. The predicted octanol–water partition coefficient (Wildman–Crippen LogP) is 2.91. The van der Waals surface area contributed by atoms with Crippen LogP contribution in [0.1, 0.15) is 68.7 Å². The molecule has 4 amide bonds. The van der Waals surface area contributed by atoms with Crippen molar-refractivity contribution < 1.29 is 19.2 Å². The molecule has 7 nitrogen and oxygen atoms in total. The minimum atomic E-state index is -0.303. The topological polar surface area (TPSA) is 95.6 Å². The van der Waals surface area contributed by atoms with E-state index in [0.717, 1.165) is 31.2 Å². The van der Waals surface area contributed by atoms with Crippen molar-refractivity contribution in [2.45, 2.75) is 38.6 Å². The van der Waals surface area contributed by atoms with Crippen LogP contribution in [-0.4, -0.2) is 41.6 Å². The number of nitrogens with zero attached hydrogens (tertiary/aromatic N) is 1. The van der Waals surface area contributed by atoms with E-state index >= 15 is 0 Å². The first-order valence-corrected chi connectivity index (χ1v) is 11.1. The molecule has 2 aromatic rings. The molecule has 0 bridgehead atoms. The highest BCUT2D eigenvalue weighted by molar-refractivity contribution is 6.21. The Morgan fingerprint density at radius 2 is 1.41 bits per heavy atom. The molecule has 166 valence electrons. The van der Waals surface area contributed by atoms with Gasteiger partial charge >= 0.3 is 0 Å². The molecule has 2 N–H and O–H groups in total. The van der Waals surface area contributed by atoms with Crippen LogP contribution in [-0.2, 0) is 11.3 Å². The lowest BCUT2D eigenvalue weighted by molar-refractivity contribution is -0.125. The molecule has 0 spiro atoms. The van der Waals surface area contributed by atoms with E-state index < -0.39 is 0 Å². The van der Waals surface area contributed by atoms with E-state index in [1.54, 1.807) is 48.5 Å². The smallest absolute Gasteiger partial charge is 0.261 e. The second kappa shape index (κ2) is 9.77. The number of fused-ring (bicyclic) bond motifs is 1. The molecular formula is C25H27N3O4. The molecule has 2 aromatic carbocycles. The summed E-state index contributed by atoms with van der Waals surface area (Å²) in [5, 5.41) is 5.71. The molecule has 1 fully saturated rings. The molecule has 0 radical (unpaired) electrons. The number of amides is 4. The zero-order valence-corrected chi connectivity index (χ0v) is 17.9. The molecule has 2 aliphatic rings. The van der Waals surface area contributed by atoms with Crippen LogP contribution in [0.4, 0.5) is 0 Å². The average molecular weight is 434 g/mol. The molecule has 32 heavy (non-hydrogen) atoms. The first-order chi connectivity index (χ1) is 15.5. The van der Waals surface area contributed by atoms with Gasteiger partial charge in [0.2, 0.25) is 5.91 Å². The Morgan fingerprint density at radius 3 is 2.03 bits per heavy atom. The summed E-state index contributed by atoms with van der Waals surface area (Å²) in [6.45, 7) is 0.911. The first-order valence-electron chi connectivity index (χ1n) is 11.1. The predicted molar refractivity (Wildman–Crippen MR) is 119 cm³/mol. The quantitative estimate of drug-likeness (QED) is 0.518. The van der Waals surface area contributed by atoms with E-state index in [4.69, 9.17) is 0 Å². The van der Waals surface area contributed by atoms with Crippen molar-refractivity contribution in [2.24, 2.45) is 5.92 Å². The monoisotopic (exact) mass is 433 g/mol. The molecule has 7 heteroatoms. The lowest BCUT2D eigenvalue weighted by Crippen LogP contribution is -2.38. The van der Waals surface area contributed by atoms with Crippen LogP contribution in [0.25, 0.3) is 0 Å². The van der Waals surface area contributed by atoms with E-state index in [-0.39, 0.29) is 36.1 Å². The fourth-order valence-corrected chi connectivity index (χ4v) is 4.30. The van der Waals surface area contributed by atoms with Gasteiger partial charge < -0.3 is 10.6 Å². The van der Waals surface area contributed by atoms with Gasteiger partial charge in [-0.15, -0.1) is 0 Å². The van der Waals surface area contributed by atoms with Gasteiger partial charge in [-0.25, -0.2) is 0 Å². The normalized spacial score (nSPS) is 16.1. The Balaban J connectivity index is 1.25.